The van der Waals surface area contributed by atoms with Gasteiger partial charge in [0.25, 0.3) is 0 Å². The lowest BCUT2D eigenvalue weighted by atomic mass is 9.68. The van der Waals surface area contributed by atoms with Gasteiger partial charge in [0.1, 0.15) is 0 Å². The summed E-state index contributed by atoms with van der Waals surface area (Å²) in [6.07, 6.45) is 3.83. The molecule has 2 aliphatic carbocycles. The summed E-state index contributed by atoms with van der Waals surface area (Å²) in [4.78, 5) is 25.4. The van der Waals surface area contributed by atoms with Crippen LogP contribution < -0.4 is 0 Å². The number of carbonyl (C=O) groups is 2. The van der Waals surface area contributed by atoms with Crippen molar-refractivity contribution in [3.05, 3.63) is 76.9 Å². The van der Waals surface area contributed by atoms with Gasteiger partial charge in [-0.05, 0) is 11.1 Å². The van der Waals surface area contributed by atoms with Crippen molar-refractivity contribution in [1.29, 1.82) is 0 Å². The first-order chi connectivity index (χ1) is 9.77. The highest BCUT2D eigenvalue weighted by molar-refractivity contribution is 6.19. The molecule has 2 aliphatic rings. The summed E-state index contributed by atoms with van der Waals surface area (Å²) in [5.41, 5.74) is 3.12. The fourth-order valence-electron chi connectivity index (χ4n) is 3.26. The maximum absolute atomic E-state index is 12.8. The van der Waals surface area contributed by atoms with Gasteiger partial charge >= 0.3 is 0 Å². The van der Waals surface area contributed by atoms with Crippen LogP contribution in [0, 0.1) is 5.92 Å². The minimum atomic E-state index is -0.362. The molecule has 4 rings (SSSR count). The van der Waals surface area contributed by atoms with Gasteiger partial charge in [-0.3, -0.25) is 9.59 Å². The summed E-state index contributed by atoms with van der Waals surface area (Å²) in [5.74, 6) is -0.608. The van der Waals surface area contributed by atoms with Crippen LogP contribution >= 0.6 is 0 Å². The van der Waals surface area contributed by atoms with Gasteiger partial charge < -0.3 is 0 Å². The number of benzene rings is 2. The zero-order valence-electron chi connectivity index (χ0n) is 10.7. The van der Waals surface area contributed by atoms with Gasteiger partial charge in [0.15, 0.2) is 11.6 Å². The molecule has 96 valence electrons. The Kier molecular flexibility index (Phi) is 2.27. The number of ketones is 2. The Labute approximate surface area is 116 Å². The fourth-order valence-corrected chi connectivity index (χ4v) is 3.26. The number of allylic oxidation sites excluding steroid dienone is 1. The average Bonchev–Trinajstić information content (AvgIpc) is 2.51. The second-order valence-corrected chi connectivity index (χ2v) is 5.27. The number of fused-ring (bicyclic) bond motifs is 4. The van der Waals surface area contributed by atoms with Crippen LogP contribution in [0.2, 0.25) is 0 Å². The minimum absolute atomic E-state index is 0.0518. The summed E-state index contributed by atoms with van der Waals surface area (Å²) in [7, 11) is 0. The summed E-state index contributed by atoms with van der Waals surface area (Å²) < 4.78 is 0. The molecule has 0 amide bonds. The van der Waals surface area contributed by atoms with Crippen LogP contribution in [0.15, 0.2) is 54.6 Å². The molecular formula is C18H12O2. The van der Waals surface area contributed by atoms with Crippen molar-refractivity contribution in [3.63, 3.8) is 0 Å². The molecule has 2 aromatic rings. The molecule has 0 aromatic heterocycles. The lowest BCUT2D eigenvalue weighted by Gasteiger charge is -2.32. The highest BCUT2D eigenvalue weighted by Gasteiger charge is 2.42. The van der Waals surface area contributed by atoms with E-state index in [1.807, 2.05) is 48.6 Å². The second-order valence-electron chi connectivity index (χ2n) is 5.27. The van der Waals surface area contributed by atoms with Crippen LogP contribution in [0.25, 0.3) is 6.08 Å². The predicted molar refractivity (Wildman–Crippen MR) is 76.8 cm³/mol. The molecule has 0 spiro atoms. The largest absolute Gasteiger partial charge is 0.293 e. The van der Waals surface area contributed by atoms with E-state index in [4.69, 9.17) is 0 Å². The van der Waals surface area contributed by atoms with Crippen molar-refractivity contribution in [2.45, 2.75) is 5.92 Å². The van der Waals surface area contributed by atoms with Crippen molar-refractivity contribution in [2.24, 2.45) is 5.92 Å². The van der Waals surface area contributed by atoms with E-state index >= 15 is 0 Å². The second kappa shape index (κ2) is 4.01. The Morgan fingerprint density at radius 3 is 2.20 bits per heavy atom. The van der Waals surface area contributed by atoms with Gasteiger partial charge in [0.2, 0.25) is 0 Å². The van der Waals surface area contributed by atoms with Gasteiger partial charge in [0, 0.05) is 11.1 Å². The van der Waals surface area contributed by atoms with E-state index in [0.29, 0.717) is 11.1 Å². The zero-order chi connectivity index (χ0) is 13.7. The van der Waals surface area contributed by atoms with E-state index in [1.54, 1.807) is 12.1 Å². The molecule has 0 radical (unpaired) electrons. The maximum atomic E-state index is 12.8. The third-order valence-corrected chi connectivity index (χ3v) is 4.22. The zero-order valence-corrected chi connectivity index (χ0v) is 10.7. The minimum Gasteiger partial charge on any atom is -0.293 e. The van der Waals surface area contributed by atoms with Crippen molar-refractivity contribution < 1.29 is 9.59 Å². The van der Waals surface area contributed by atoms with Crippen molar-refractivity contribution in [3.8, 4) is 0 Å². The van der Waals surface area contributed by atoms with Gasteiger partial charge in [-0.1, -0.05) is 60.7 Å². The van der Waals surface area contributed by atoms with E-state index in [0.717, 1.165) is 11.1 Å². The quantitative estimate of drug-likeness (QED) is 0.726. The van der Waals surface area contributed by atoms with Gasteiger partial charge in [-0.15, -0.1) is 0 Å². The molecule has 0 saturated carbocycles. The molecule has 0 N–H and O–H groups in total. The fraction of sp³-hybridized carbons (Fsp3) is 0.111. The first kappa shape index (κ1) is 11.4. The van der Waals surface area contributed by atoms with Crippen molar-refractivity contribution in [2.75, 3.05) is 0 Å². The molecule has 0 fully saturated rings. The third kappa shape index (κ3) is 1.39. The normalized spacial score (nSPS) is 23.0. The summed E-state index contributed by atoms with van der Waals surface area (Å²) >= 11 is 0. The molecule has 2 heteroatoms. The molecule has 0 aliphatic heterocycles. The SMILES string of the molecule is O=C1c2ccccc2C(=O)C2c3ccccc3C=CC12. The van der Waals surface area contributed by atoms with Crippen molar-refractivity contribution >= 4 is 17.6 Å². The topological polar surface area (TPSA) is 34.1 Å². The molecule has 0 heterocycles. The molecular weight excluding hydrogens is 248 g/mol. The Morgan fingerprint density at radius 1 is 0.750 bits per heavy atom. The van der Waals surface area contributed by atoms with Gasteiger partial charge in [-0.2, -0.15) is 0 Å². The molecule has 2 nitrogen and oxygen atoms in total. The Morgan fingerprint density at radius 2 is 1.40 bits per heavy atom. The van der Waals surface area contributed by atoms with Crippen LogP contribution in [0.5, 0.6) is 0 Å². The van der Waals surface area contributed by atoms with E-state index < -0.39 is 0 Å². The maximum Gasteiger partial charge on any atom is 0.172 e. The number of carbonyl (C=O) groups excluding carboxylic acids is 2. The molecule has 20 heavy (non-hydrogen) atoms. The van der Waals surface area contributed by atoms with Crippen LogP contribution in [0.4, 0.5) is 0 Å². The monoisotopic (exact) mass is 260 g/mol. The lowest BCUT2D eigenvalue weighted by molar-refractivity contribution is 0.0820. The standard InChI is InChI=1S/C18H12O2/c19-17-13-7-3-4-8-14(13)18(20)16-12-6-2-1-5-11(12)9-10-15(16)17/h1-10,15-16H. The van der Waals surface area contributed by atoms with E-state index in [1.165, 1.54) is 0 Å². The summed E-state index contributed by atoms with van der Waals surface area (Å²) in [5, 5.41) is 0. The summed E-state index contributed by atoms with van der Waals surface area (Å²) in [6.45, 7) is 0. The smallest absolute Gasteiger partial charge is 0.172 e. The van der Waals surface area contributed by atoms with Gasteiger partial charge in [-0.25, -0.2) is 0 Å². The molecule has 2 aromatic carbocycles. The number of hydrogen-bond donors (Lipinski definition) is 0. The third-order valence-electron chi connectivity index (χ3n) is 4.22. The molecule has 0 bridgehead atoms. The van der Waals surface area contributed by atoms with Crippen molar-refractivity contribution in [1.82, 2.24) is 0 Å². The number of Topliss-reactive ketones (excluding diaryl/α,β-unsaturated/α-hetero) is 2. The predicted octanol–water partition coefficient (Wildman–Crippen LogP) is 3.49. The Balaban J connectivity index is 1.97. The number of hydrogen-bond acceptors (Lipinski definition) is 2. The molecule has 2 atom stereocenters. The Bertz CT molecular complexity index is 770. The Hall–Kier alpha value is -2.48. The first-order valence-corrected chi connectivity index (χ1v) is 6.72. The lowest BCUT2D eigenvalue weighted by Crippen LogP contribution is -2.35. The van der Waals surface area contributed by atoms with E-state index in [2.05, 4.69) is 0 Å². The highest BCUT2D eigenvalue weighted by Crippen LogP contribution is 2.42. The number of rotatable bonds is 0. The average molecular weight is 260 g/mol. The van der Waals surface area contributed by atoms with E-state index in [9.17, 15) is 9.59 Å². The summed E-state index contributed by atoms with van der Waals surface area (Å²) in [6, 6.07) is 14.9. The van der Waals surface area contributed by atoms with Crippen LogP contribution in [-0.2, 0) is 0 Å². The van der Waals surface area contributed by atoms with E-state index in [-0.39, 0.29) is 23.4 Å². The molecule has 2 unspecified atom stereocenters. The first-order valence-electron chi connectivity index (χ1n) is 6.72. The van der Waals surface area contributed by atoms with Crippen LogP contribution in [0.1, 0.15) is 37.8 Å². The van der Waals surface area contributed by atoms with Crippen LogP contribution in [0.3, 0.4) is 0 Å². The molecule has 0 saturated heterocycles. The highest BCUT2D eigenvalue weighted by atomic mass is 16.1. The van der Waals surface area contributed by atoms with Crippen LogP contribution in [-0.4, -0.2) is 11.6 Å². The van der Waals surface area contributed by atoms with Gasteiger partial charge in [0.05, 0.1) is 11.8 Å².